The van der Waals surface area contributed by atoms with E-state index in [1.807, 2.05) is 36.4 Å². The minimum Gasteiger partial charge on any atom is -0.494 e. The molecule has 112 valence electrons. The fourth-order valence-electron chi connectivity index (χ4n) is 1.86. The summed E-state index contributed by atoms with van der Waals surface area (Å²) in [5.41, 5.74) is 6.38. The Bertz CT molecular complexity index is 476. The summed E-state index contributed by atoms with van der Waals surface area (Å²) in [6.07, 6.45) is 3.16. The third-order valence-electron chi connectivity index (χ3n) is 3.02. The van der Waals surface area contributed by atoms with Crippen LogP contribution in [0.5, 0.6) is 11.5 Å². The van der Waals surface area contributed by atoms with Gasteiger partial charge in [-0.1, -0.05) is 0 Å². The number of hydrogen-bond acceptors (Lipinski definition) is 3. The van der Waals surface area contributed by atoms with Crippen molar-refractivity contribution in [3.63, 3.8) is 0 Å². The predicted octanol–water partition coefficient (Wildman–Crippen LogP) is 4.50. The summed E-state index contributed by atoms with van der Waals surface area (Å²) in [4.78, 5) is 0. The second-order valence-electron chi connectivity index (χ2n) is 4.78. The van der Waals surface area contributed by atoms with Crippen LogP contribution < -0.4 is 15.2 Å². The fourth-order valence-corrected chi connectivity index (χ4v) is 2.22. The van der Waals surface area contributed by atoms with Crippen LogP contribution in [-0.2, 0) is 0 Å². The van der Waals surface area contributed by atoms with Crippen molar-refractivity contribution in [2.75, 3.05) is 18.9 Å². The number of rotatable bonds is 8. The molecule has 0 radical (unpaired) electrons. The summed E-state index contributed by atoms with van der Waals surface area (Å²) in [6, 6.07) is 15.6. The van der Waals surface area contributed by atoms with Crippen LogP contribution in [-0.4, -0.2) is 13.2 Å². The van der Waals surface area contributed by atoms with Gasteiger partial charge in [0.2, 0.25) is 0 Å². The topological polar surface area (TPSA) is 44.5 Å². The van der Waals surface area contributed by atoms with Gasteiger partial charge >= 0.3 is 0 Å². The Kier molecular flexibility index (Phi) is 6.66. The summed E-state index contributed by atoms with van der Waals surface area (Å²) < 4.78 is 12.5. The maximum absolute atomic E-state index is 5.68. The molecule has 0 aliphatic heterocycles. The molecule has 0 aliphatic rings. The van der Waals surface area contributed by atoms with Crippen LogP contribution >= 0.6 is 22.6 Å². The zero-order valence-electron chi connectivity index (χ0n) is 11.9. The van der Waals surface area contributed by atoms with Crippen molar-refractivity contribution in [3.05, 3.63) is 52.1 Å². The monoisotopic (exact) mass is 397 g/mol. The van der Waals surface area contributed by atoms with Crippen molar-refractivity contribution in [1.29, 1.82) is 0 Å². The summed E-state index contributed by atoms with van der Waals surface area (Å²) >= 11 is 2.29. The van der Waals surface area contributed by atoms with E-state index in [4.69, 9.17) is 15.2 Å². The Morgan fingerprint density at radius 3 is 1.71 bits per heavy atom. The third kappa shape index (κ3) is 6.25. The van der Waals surface area contributed by atoms with Gasteiger partial charge in [0.15, 0.2) is 0 Å². The van der Waals surface area contributed by atoms with Crippen LogP contribution in [0.15, 0.2) is 48.5 Å². The minimum atomic E-state index is 0.730. The first-order chi connectivity index (χ1) is 10.2. The van der Waals surface area contributed by atoms with Crippen LogP contribution in [0, 0.1) is 3.57 Å². The van der Waals surface area contributed by atoms with Crippen molar-refractivity contribution in [1.82, 2.24) is 0 Å². The van der Waals surface area contributed by atoms with Gasteiger partial charge < -0.3 is 15.2 Å². The first-order valence-corrected chi connectivity index (χ1v) is 8.18. The predicted molar refractivity (Wildman–Crippen MR) is 94.9 cm³/mol. The SMILES string of the molecule is Nc1ccc(OCCCCCOc2ccc(I)cc2)cc1. The second kappa shape index (κ2) is 8.77. The molecule has 0 heterocycles. The zero-order chi connectivity index (χ0) is 14.9. The Morgan fingerprint density at radius 2 is 1.19 bits per heavy atom. The minimum absolute atomic E-state index is 0.730. The Morgan fingerprint density at radius 1 is 0.714 bits per heavy atom. The highest BCUT2D eigenvalue weighted by molar-refractivity contribution is 14.1. The highest BCUT2D eigenvalue weighted by Crippen LogP contribution is 2.15. The van der Waals surface area contributed by atoms with E-state index in [0.717, 1.165) is 49.7 Å². The molecule has 2 rings (SSSR count). The van der Waals surface area contributed by atoms with E-state index in [-0.39, 0.29) is 0 Å². The molecule has 0 atom stereocenters. The van der Waals surface area contributed by atoms with Crippen LogP contribution in [0.1, 0.15) is 19.3 Å². The van der Waals surface area contributed by atoms with Crippen LogP contribution in [0.3, 0.4) is 0 Å². The molecule has 0 amide bonds. The number of benzene rings is 2. The first kappa shape index (κ1) is 15.9. The molecule has 2 aromatic rings. The average molecular weight is 397 g/mol. The van der Waals surface area contributed by atoms with Gasteiger partial charge in [0.25, 0.3) is 0 Å². The molecule has 0 fully saturated rings. The highest BCUT2D eigenvalue weighted by Gasteiger charge is 1.96. The molecule has 2 aromatic carbocycles. The number of ether oxygens (including phenoxy) is 2. The first-order valence-electron chi connectivity index (χ1n) is 7.11. The zero-order valence-corrected chi connectivity index (χ0v) is 14.1. The second-order valence-corrected chi connectivity index (χ2v) is 6.03. The maximum Gasteiger partial charge on any atom is 0.119 e. The number of nitrogens with two attached hydrogens (primary N) is 1. The van der Waals surface area contributed by atoms with Crippen molar-refractivity contribution in [2.24, 2.45) is 0 Å². The number of halogens is 1. The van der Waals surface area contributed by atoms with Gasteiger partial charge in [-0.05, 0) is 90.4 Å². The van der Waals surface area contributed by atoms with Gasteiger partial charge in [-0.2, -0.15) is 0 Å². The summed E-state index contributed by atoms with van der Waals surface area (Å²) in [6.45, 7) is 1.48. The standard InChI is InChI=1S/C17H20INO2/c18-14-4-8-16(9-5-14)20-12-2-1-3-13-21-17-10-6-15(19)7-11-17/h4-11H,1-3,12-13,19H2. The van der Waals surface area contributed by atoms with Gasteiger partial charge in [0, 0.05) is 9.26 Å². The molecule has 0 aliphatic carbocycles. The lowest BCUT2D eigenvalue weighted by molar-refractivity contribution is 0.279. The van der Waals surface area contributed by atoms with Gasteiger partial charge in [0.05, 0.1) is 13.2 Å². The molecule has 3 nitrogen and oxygen atoms in total. The van der Waals surface area contributed by atoms with E-state index in [1.165, 1.54) is 3.57 Å². The number of nitrogen functional groups attached to an aromatic ring is 1. The lowest BCUT2D eigenvalue weighted by Gasteiger charge is -2.07. The molecule has 0 bridgehead atoms. The molecule has 2 N–H and O–H groups in total. The average Bonchev–Trinajstić information content (AvgIpc) is 2.50. The molecule has 4 heteroatoms. The quantitative estimate of drug-likeness (QED) is 0.405. The normalized spacial score (nSPS) is 10.3. The van der Waals surface area contributed by atoms with E-state index in [0.29, 0.717) is 0 Å². The Hall–Kier alpha value is -1.43. The third-order valence-corrected chi connectivity index (χ3v) is 3.74. The van der Waals surface area contributed by atoms with E-state index in [2.05, 4.69) is 34.7 Å². The van der Waals surface area contributed by atoms with Crippen molar-refractivity contribution >= 4 is 28.3 Å². The van der Waals surface area contributed by atoms with Gasteiger partial charge in [-0.3, -0.25) is 0 Å². The number of hydrogen-bond donors (Lipinski definition) is 1. The Balaban J connectivity index is 1.52. The molecule has 0 saturated carbocycles. The number of unbranched alkanes of at least 4 members (excludes halogenated alkanes) is 2. The van der Waals surface area contributed by atoms with Gasteiger partial charge in [-0.15, -0.1) is 0 Å². The lowest BCUT2D eigenvalue weighted by Crippen LogP contribution is -2.01. The Labute approximate surface area is 139 Å². The van der Waals surface area contributed by atoms with Gasteiger partial charge in [-0.25, -0.2) is 0 Å². The van der Waals surface area contributed by atoms with Crippen LogP contribution in [0.25, 0.3) is 0 Å². The molecular weight excluding hydrogens is 377 g/mol. The van der Waals surface area contributed by atoms with E-state index >= 15 is 0 Å². The molecule has 21 heavy (non-hydrogen) atoms. The highest BCUT2D eigenvalue weighted by atomic mass is 127. The van der Waals surface area contributed by atoms with Crippen molar-refractivity contribution < 1.29 is 9.47 Å². The summed E-state index contributed by atoms with van der Waals surface area (Å²) in [5.74, 6) is 1.81. The number of anilines is 1. The summed E-state index contributed by atoms with van der Waals surface area (Å²) in [5, 5.41) is 0. The lowest BCUT2D eigenvalue weighted by atomic mass is 10.2. The van der Waals surface area contributed by atoms with E-state index in [9.17, 15) is 0 Å². The molecule has 0 spiro atoms. The van der Waals surface area contributed by atoms with Crippen LogP contribution in [0.4, 0.5) is 5.69 Å². The van der Waals surface area contributed by atoms with Crippen molar-refractivity contribution in [3.8, 4) is 11.5 Å². The van der Waals surface area contributed by atoms with Crippen molar-refractivity contribution in [2.45, 2.75) is 19.3 Å². The molecule has 0 saturated heterocycles. The molecular formula is C17H20INO2. The van der Waals surface area contributed by atoms with E-state index < -0.39 is 0 Å². The molecule has 0 aromatic heterocycles. The van der Waals surface area contributed by atoms with Gasteiger partial charge in [0.1, 0.15) is 11.5 Å². The molecule has 0 unspecified atom stereocenters. The van der Waals surface area contributed by atoms with E-state index in [1.54, 1.807) is 0 Å². The smallest absolute Gasteiger partial charge is 0.119 e. The van der Waals surface area contributed by atoms with Crippen LogP contribution in [0.2, 0.25) is 0 Å². The fraction of sp³-hybridized carbons (Fsp3) is 0.294. The largest absolute Gasteiger partial charge is 0.494 e. The maximum atomic E-state index is 5.68. The summed E-state index contributed by atoms with van der Waals surface area (Å²) in [7, 11) is 0.